The highest BCUT2D eigenvalue weighted by Gasteiger charge is 2.22. The Hall–Kier alpha value is -1.39. The van der Waals surface area contributed by atoms with Crippen LogP contribution in [0, 0.1) is 0 Å². The summed E-state index contributed by atoms with van der Waals surface area (Å²) in [7, 11) is 1.59. The zero-order chi connectivity index (χ0) is 12.3. The molecule has 3 nitrogen and oxygen atoms in total. The highest BCUT2D eigenvalue weighted by atomic mass is 32.1. The molecule has 90 valence electrons. The molecule has 1 atom stereocenters. The van der Waals surface area contributed by atoms with Crippen LogP contribution in [-0.2, 0) is 9.53 Å². The maximum absolute atomic E-state index is 11.3. The van der Waals surface area contributed by atoms with Crippen molar-refractivity contribution in [1.29, 1.82) is 0 Å². The third kappa shape index (κ3) is 2.48. The fourth-order valence-electron chi connectivity index (χ4n) is 1.92. The van der Waals surface area contributed by atoms with Crippen molar-refractivity contribution in [2.75, 3.05) is 13.7 Å². The largest absolute Gasteiger partial charge is 0.481 e. The average Bonchev–Trinajstić information content (AvgIpc) is 2.73. The van der Waals surface area contributed by atoms with E-state index in [1.807, 2.05) is 29.6 Å². The van der Waals surface area contributed by atoms with Gasteiger partial charge in [0.1, 0.15) is 0 Å². The third-order valence-electron chi connectivity index (χ3n) is 2.80. The van der Waals surface area contributed by atoms with Crippen LogP contribution in [0.25, 0.3) is 10.1 Å². The molecule has 0 fully saturated rings. The van der Waals surface area contributed by atoms with Crippen LogP contribution in [0.2, 0.25) is 0 Å². The van der Waals surface area contributed by atoms with Gasteiger partial charge >= 0.3 is 5.97 Å². The van der Waals surface area contributed by atoms with E-state index in [0.717, 1.165) is 15.6 Å². The predicted molar refractivity (Wildman–Crippen MR) is 68.7 cm³/mol. The smallest absolute Gasteiger partial charge is 0.311 e. The molecule has 2 rings (SSSR count). The minimum atomic E-state index is -0.786. The summed E-state index contributed by atoms with van der Waals surface area (Å²) >= 11 is 1.59. The molecule has 0 radical (unpaired) electrons. The van der Waals surface area contributed by atoms with Gasteiger partial charge in [0.15, 0.2) is 0 Å². The van der Waals surface area contributed by atoms with Crippen molar-refractivity contribution in [1.82, 2.24) is 0 Å². The molecule has 0 aliphatic rings. The second-order valence-corrected chi connectivity index (χ2v) is 4.77. The minimum Gasteiger partial charge on any atom is -0.481 e. The zero-order valence-electron chi connectivity index (χ0n) is 9.55. The Labute approximate surface area is 104 Å². The SMILES string of the molecule is COCCC(C(=O)O)c1csc2ccccc12. The number of hydrogen-bond acceptors (Lipinski definition) is 3. The minimum absolute atomic E-state index is 0.459. The van der Waals surface area contributed by atoms with Crippen molar-refractivity contribution >= 4 is 27.4 Å². The Kier molecular flexibility index (Phi) is 3.76. The molecule has 2 aromatic rings. The summed E-state index contributed by atoms with van der Waals surface area (Å²) in [6.07, 6.45) is 0.507. The van der Waals surface area contributed by atoms with Gasteiger partial charge in [-0.3, -0.25) is 4.79 Å². The third-order valence-corrected chi connectivity index (χ3v) is 3.78. The molecule has 1 N–H and O–H groups in total. The Morgan fingerprint density at radius 2 is 2.24 bits per heavy atom. The molecule has 0 aliphatic heterocycles. The molecule has 0 spiro atoms. The summed E-state index contributed by atoms with van der Waals surface area (Å²) < 4.78 is 6.10. The molecule has 0 amide bonds. The van der Waals surface area contributed by atoms with Gasteiger partial charge in [0, 0.05) is 18.4 Å². The van der Waals surface area contributed by atoms with Crippen LogP contribution >= 0.6 is 11.3 Å². The Balaban J connectivity index is 2.38. The zero-order valence-corrected chi connectivity index (χ0v) is 10.4. The molecule has 1 aromatic heterocycles. The first-order chi connectivity index (χ1) is 8.24. The van der Waals surface area contributed by atoms with Crippen LogP contribution in [0.4, 0.5) is 0 Å². The number of thiophene rings is 1. The van der Waals surface area contributed by atoms with Crippen molar-refractivity contribution in [2.45, 2.75) is 12.3 Å². The molecule has 0 saturated heterocycles. The van der Waals surface area contributed by atoms with E-state index in [2.05, 4.69) is 0 Å². The summed E-state index contributed by atoms with van der Waals surface area (Å²) in [5.41, 5.74) is 0.898. The summed E-state index contributed by atoms with van der Waals surface area (Å²) in [5.74, 6) is -1.27. The topological polar surface area (TPSA) is 46.5 Å². The number of aliphatic carboxylic acids is 1. The standard InChI is InChI=1S/C13H14O3S/c1-16-7-6-10(13(14)15)11-8-17-12-5-3-2-4-9(11)12/h2-5,8,10H,6-7H2,1H3,(H,14,15). The molecule has 4 heteroatoms. The maximum atomic E-state index is 11.3. The summed E-state index contributed by atoms with van der Waals surface area (Å²) in [4.78, 5) is 11.3. The second-order valence-electron chi connectivity index (χ2n) is 3.86. The molecule has 1 heterocycles. The van der Waals surface area contributed by atoms with E-state index in [0.29, 0.717) is 13.0 Å². The lowest BCUT2D eigenvalue weighted by Gasteiger charge is -2.10. The van der Waals surface area contributed by atoms with Gasteiger partial charge in [-0.1, -0.05) is 18.2 Å². The molecular formula is C13H14O3S. The second kappa shape index (κ2) is 5.29. The fraction of sp³-hybridized carbons (Fsp3) is 0.308. The Bertz CT molecular complexity index is 518. The molecule has 1 aromatic carbocycles. The van der Waals surface area contributed by atoms with E-state index in [4.69, 9.17) is 4.74 Å². The Morgan fingerprint density at radius 1 is 1.47 bits per heavy atom. The van der Waals surface area contributed by atoms with E-state index >= 15 is 0 Å². The van der Waals surface area contributed by atoms with Crippen molar-refractivity contribution < 1.29 is 14.6 Å². The lowest BCUT2D eigenvalue weighted by Crippen LogP contribution is -2.13. The highest BCUT2D eigenvalue weighted by Crippen LogP contribution is 2.33. The van der Waals surface area contributed by atoms with Crippen LogP contribution in [-0.4, -0.2) is 24.8 Å². The van der Waals surface area contributed by atoms with Gasteiger partial charge in [-0.2, -0.15) is 0 Å². The van der Waals surface area contributed by atoms with E-state index in [-0.39, 0.29) is 0 Å². The quantitative estimate of drug-likeness (QED) is 0.887. The van der Waals surface area contributed by atoms with Crippen LogP contribution in [0.15, 0.2) is 29.6 Å². The highest BCUT2D eigenvalue weighted by molar-refractivity contribution is 7.17. The summed E-state index contributed by atoms with van der Waals surface area (Å²) in [6.45, 7) is 0.459. The molecular weight excluding hydrogens is 236 g/mol. The molecule has 17 heavy (non-hydrogen) atoms. The van der Waals surface area contributed by atoms with E-state index < -0.39 is 11.9 Å². The first-order valence-corrected chi connectivity index (χ1v) is 6.30. The van der Waals surface area contributed by atoms with Gasteiger partial charge in [-0.15, -0.1) is 11.3 Å². The van der Waals surface area contributed by atoms with Crippen molar-refractivity contribution in [2.24, 2.45) is 0 Å². The van der Waals surface area contributed by atoms with Gasteiger partial charge in [-0.25, -0.2) is 0 Å². The first kappa shape index (κ1) is 12.1. The van der Waals surface area contributed by atoms with Crippen LogP contribution in [0.1, 0.15) is 17.9 Å². The van der Waals surface area contributed by atoms with Gasteiger partial charge in [-0.05, 0) is 28.8 Å². The maximum Gasteiger partial charge on any atom is 0.311 e. The number of hydrogen-bond donors (Lipinski definition) is 1. The normalized spacial score (nSPS) is 12.8. The monoisotopic (exact) mass is 250 g/mol. The van der Waals surface area contributed by atoms with Crippen LogP contribution in [0.3, 0.4) is 0 Å². The number of fused-ring (bicyclic) bond motifs is 1. The number of carboxylic acids is 1. The molecule has 0 saturated carbocycles. The number of benzene rings is 1. The van der Waals surface area contributed by atoms with Gasteiger partial charge < -0.3 is 9.84 Å². The fourth-order valence-corrected chi connectivity index (χ4v) is 2.93. The van der Waals surface area contributed by atoms with Crippen molar-refractivity contribution in [3.05, 3.63) is 35.2 Å². The lowest BCUT2D eigenvalue weighted by atomic mass is 9.96. The van der Waals surface area contributed by atoms with E-state index in [1.54, 1.807) is 18.4 Å². The van der Waals surface area contributed by atoms with Crippen molar-refractivity contribution in [3.8, 4) is 0 Å². The number of carboxylic acid groups (broad SMARTS) is 1. The average molecular weight is 250 g/mol. The van der Waals surface area contributed by atoms with Gasteiger partial charge in [0.2, 0.25) is 0 Å². The molecule has 0 bridgehead atoms. The number of rotatable bonds is 5. The summed E-state index contributed by atoms with van der Waals surface area (Å²) in [6, 6.07) is 7.89. The van der Waals surface area contributed by atoms with Gasteiger partial charge in [0.05, 0.1) is 5.92 Å². The number of carbonyl (C=O) groups is 1. The van der Waals surface area contributed by atoms with Crippen LogP contribution < -0.4 is 0 Å². The van der Waals surface area contributed by atoms with E-state index in [9.17, 15) is 9.90 Å². The predicted octanol–water partition coefficient (Wildman–Crippen LogP) is 3.11. The van der Waals surface area contributed by atoms with E-state index in [1.165, 1.54) is 0 Å². The van der Waals surface area contributed by atoms with Gasteiger partial charge in [0.25, 0.3) is 0 Å². The lowest BCUT2D eigenvalue weighted by molar-refractivity contribution is -0.139. The summed E-state index contributed by atoms with van der Waals surface area (Å²) in [5, 5.41) is 12.3. The number of methoxy groups -OCH3 is 1. The first-order valence-electron chi connectivity index (χ1n) is 5.42. The number of ether oxygens (including phenoxy) is 1. The van der Waals surface area contributed by atoms with Crippen LogP contribution in [0.5, 0.6) is 0 Å². The Morgan fingerprint density at radius 3 is 2.94 bits per heavy atom. The molecule has 0 aliphatic carbocycles. The van der Waals surface area contributed by atoms with Crippen molar-refractivity contribution in [3.63, 3.8) is 0 Å². The molecule has 1 unspecified atom stereocenters.